The number of hydrogen-bond acceptors (Lipinski definition) is 4. The molecular weight excluding hydrogens is 311 g/mol. The molecule has 2 heterocycles. The number of carbonyl (C=O) groups is 2. The van der Waals surface area contributed by atoms with Crippen molar-refractivity contribution in [3.63, 3.8) is 0 Å². The van der Waals surface area contributed by atoms with E-state index in [-0.39, 0.29) is 17.7 Å². The number of benzene rings is 1. The Hall–Kier alpha value is -2.57. The highest BCUT2D eigenvalue weighted by atomic mass is 19.1. The molecule has 0 atom stereocenters. The molecule has 2 fully saturated rings. The summed E-state index contributed by atoms with van der Waals surface area (Å²) >= 11 is 0. The van der Waals surface area contributed by atoms with Crippen LogP contribution in [0.4, 0.5) is 4.39 Å². The third-order valence-corrected chi connectivity index (χ3v) is 4.88. The van der Waals surface area contributed by atoms with Crippen LogP contribution < -0.4 is 0 Å². The number of fused-ring (bicyclic) bond motifs is 1. The molecular formula is C17H15FN4O2. The van der Waals surface area contributed by atoms with E-state index >= 15 is 0 Å². The molecule has 2 aromatic rings. The number of imide groups is 1. The average Bonchev–Trinajstić information content (AvgIpc) is 3.49. The minimum atomic E-state index is -0.520. The highest BCUT2D eigenvalue weighted by Gasteiger charge is 2.40. The van der Waals surface area contributed by atoms with E-state index in [0.29, 0.717) is 17.8 Å². The smallest absolute Gasteiger partial charge is 0.262 e. The SMILES string of the molecule is O=C1c2ccc(F)cc2C(=O)N1Cc1nnc(C2CC2)n1C1CC1. The summed E-state index contributed by atoms with van der Waals surface area (Å²) in [7, 11) is 0. The van der Waals surface area contributed by atoms with Crippen LogP contribution in [-0.4, -0.2) is 31.5 Å². The third kappa shape index (κ3) is 2.00. The molecule has 0 N–H and O–H groups in total. The molecule has 1 aromatic heterocycles. The molecule has 0 unspecified atom stereocenters. The number of hydrogen-bond donors (Lipinski definition) is 0. The number of halogens is 1. The predicted octanol–water partition coefficient (Wildman–Crippen LogP) is 2.43. The maximum Gasteiger partial charge on any atom is 0.262 e. The summed E-state index contributed by atoms with van der Waals surface area (Å²) in [5.74, 6) is 0.711. The van der Waals surface area contributed by atoms with E-state index < -0.39 is 17.6 Å². The summed E-state index contributed by atoms with van der Waals surface area (Å²) in [6, 6.07) is 4.08. The van der Waals surface area contributed by atoms with Gasteiger partial charge in [-0.1, -0.05) is 0 Å². The zero-order valence-electron chi connectivity index (χ0n) is 12.9. The molecule has 0 radical (unpaired) electrons. The maximum atomic E-state index is 13.4. The molecule has 3 aliphatic rings. The van der Waals surface area contributed by atoms with Gasteiger partial charge in [0.15, 0.2) is 5.82 Å². The van der Waals surface area contributed by atoms with Crippen molar-refractivity contribution in [2.24, 2.45) is 0 Å². The van der Waals surface area contributed by atoms with Crippen molar-refractivity contribution in [3.05, 3.63) is 46.8 Å². The van der Waals surface area contributed by atoms with Gasteiger partial charge in [-0.15, -0.1) is 10.2 Å². The molecule has 0 spiro atoms. The average molecular weight is 326 g/mol. The first-order chi connectivity index (χ1) is 11.6. The molecule has 0 bridgehead atoms. The second kappa shape index (κ2) is 4.72. The van der Waals surface area contributed by atoms with Crippen molar-refractivity contribution in [2.45, 2.75) is 44.2 Å². The van der Waals surface area contributed by atoms with Gasteiger partial charge in [-0.05, 0) is 43.9 Å². The van der Waals surface area contributed by atoms with Crippen LogP contribution in [0.2, 0.25) is 0 Å². The first kappa shape index (κ1) is 13.8. The number of carbonyl (C=O) groups excluding carboxylic acids is 2. The van der Waals surface area contributed by atoms with Gasteiger partial charge < -0.3 is 4.57 Å². The van der Waals surface area contributed by atoms with Gasteiger partial charge in [0.25, 0.3) is 11.8 Å². The fraction of sp³-hybridized carbons (Fsp3) is 0.412. The van der Waals surface area contributed by atoms with Crippen LogP contribution in [-0.2, 0) is 6.54 Å². The lowest BCUT2D eigenvalue weighted by molar-refractivity contribution is 0.0636. The molecule has 2 amide bonds. The highest BCUT2D eigenvalue weighted by molar-refractivity contribution is 6.21. The van der Waals surface area contributed by atoms with Crippen molar-refractivity contribution in [2.75, 3.05) is 0 Å². The van der Waals surface area contributed by atoms with E-state index in [2.05, 4.69) is 14.8 Å². The monoisotopic (exact) mass is 326 g/mol. The molecule has 0 saturated heterocycles. The Bertz CT molecular complexity index is 883. The topological polar surface area (TPSA) is 68.1 Å². The number of amides is 2. The first-order valence-electron chi connectivity index (χ1n) is 8.23. The van der Waals surface area contributed by atoms with Crippen LogP contribution in [0, 0.1) is 5.82 Å². The molecule has 5 rings (SSSR count). The molecule has 6 nitrogen and oxygen atoms in total. The fourth-order valence-corrected chi connectivity index (χ4v) is 3.34. The zero-order chi connectivity index (χ0) is 16.4. The summed E-state index contributed by atoms with van der Waals surface area (Å²) in [5, 5.41) is 8.54. The minimum absolute atomic E-state index is 0.0875. The third-order valence-electron chi connectivity index (χ3n) is 4.88. The molecule has 7 heteroatoms. The van der Waals surface area contributed by atoms with Gasteiger partial charge in [-0.2, -0.15) is 0 Å². The van der Waals surface area contributed by atoms with E-state index in [1.807, 2.05) is 0 Å². The lowest BCUT2D eigenvalue weighted by Crippen LogP contribution is -2.30. The molecule has 1 aromatic carbocycles. The lowest BCUT2D eigenvalue weighted by Gasteiger charge is -2.15. The number of nitrogens with zero attached hydrogens (tertiary/aromatic N) is 4. The normalized spacial score (nSPS) is 20.0. The lowest BCUT2D eigenvalue weighted by atomic mass is 10.1. The number of aromatic nitrogens is 3. The quantitative estimate of drug-likeness (QED) is 0.809. The van der Waals surface area contributed by atoms with Crippen molar-refractivity contribution in [3.8, 4) is 0 Å². The van der Waals surface area contributed by atoms with E-state index in [0.717, 1.165) is 42.5 Å². The maximum absolute atomic E-state index is 13.4. The Morgan fingerprint density at radius 1 is 1.04 bits per heavy atom. The van der Waals surface area contributed by atoms with E-state index in [4.69, 9.17) is 0 Å². The summed E-state index contributed by atoms with van der Waals surface area (Å²) < 4.78 is 15.5. The standard InChI is InChI=1S/C17H15FN4O2/c18-10-3-6-12-13(7-10)17(24)21(16(12)23)8-14-19-20-15(9-1-2-9)22(14)11-4-5-11/h3,6-7,9,11H,1-2,4-5,8H2. The fourth-order valence-electron chi connectivity index (χ4n) is 3.34. The van der Waals surface area contributed by atoms with Crippen LogP contribution in [0.1, 0.15) is 70.0 Å². The first-order valence-corrected chi connectivity index (χ1v) is 8.23. The van der Waals surface area contributed by atoms with Crippen molar-refractivity contribution in [1.82, 2.24) is 19.7 Å². The van der Waals surface area contributed by atoms with E-state index in [9.17, 15) is 14.0 Å². The van der Waals surface area contributed by atoms with Crippen molar-refractivity contribution in [1.29, 1.82) is 0 Å². The summed E-state index contributed by atoms with van der Waals surface area (Å²) in [6.45, 7) is 0.0875. The summed E-state index contributed by atoms with van der Waals surface area (Å²) in [4.78, 5) is 26.1. The Morgan fingerprint density at radius 2 is 1.79 bits per heavy atom. The zero-order valence-corrected chi connectivity index (χ0v) is 12.9. The van der Waals surface area contributed by atoms with E-state index in [1.165, 1.54) is 12.1 Å². The Labute approximate surface area is 137 Å². The summed E-state index contributed by atoms with van der Waals surface area (Å²) in [5.41, 5.74) is 0.376. The molecule has 1 aliphatic heterocycles. The van der Waals surface area contributed by atoms with E-state index in [1.54, 1.807) is 0 Å². The van der Waals surface area contributed by atoms with Gasteiger partial charge in [0.1, 0.15) is 11.6 Å². The summed E-state index contributed by atoms with van der Waals surface area (Å²) in [6.07, 6.45) is 4.41. The highest BCUT2D eigenvalue weighted by Crippen LogP contribution is 2.45. The molecule has 2 aliphatic carbocycles. The molecule has 24 heavy (non-hydrogen) atoms. The van der Waals surface area contributed by atoms with Crippen LogP contribution in [0.15, 0.2) is 18.2 Å². The minimum Gasteiger partial charge on any atom is -0.310 e. The van der Waals surface area contributed by atoms with Gasteiger partial charge in [0, 0.05) is 12.0 Å². The Balaban J connectivity index is 1.49. The second-order valence-corrected chi connectivity index (χ2v) is 6.74. The second-order valence-electron chi connectivity index (χ2n) is 6.74. The largest absolute Gasteiger partial charge is 0.310 e. The molecule has 2 saturated carbocycles. The molecule has 122 valence electrons. The van der Waals surface area contributed by atoms with Gasteiger partial charge in [-0.25, -0.2) is 4.39 Å². The Kier molecular flexibility index (Phi) is 2.72. The van der Waals surface area contributed by atoms with Crippen LogP contribution in [0.3, 0.4) is 0 Å². The van der Waals surface area contributed by atoms with Gasteiger partial charge in [-0.3, -0.25) is 14.5 Å². The van der Waals surface area contributed by atoms with Crippen molar-refractivity contribution < 1.29 is 14.0 Å². The van der Waals surface area contributed by atoms with Crippen LogP contribution in [0.25, 0.3) is 0 Å². The number of rotatable bonds is 4. The van der Waals surface area contributed by atoms with Gasteiger partial charge in [0.05, 0.1) is 17.7 Å². The van der Waals surface area contributed by atoms with Gasteiger partial charge in [0.2, 0.25) is 0 Å². The van der Waals surface area contributed by atoms with Crippen LogP contribution >= 0.6 is 0 Å². The Morgan fingerprint density at radius 3 is 2.50 bits per heavy atom. The van der Waals surface area contributed by atoms with Crippen LogP contribution in [0.5, 0.6) is 0 Å². The predicted molar refractivity (Wildman–Crippen MR) is 80.9 cm³/mol. The van der Waals surface area contributed by atoms with Crippen molar-refractivity contribution >= 4 is 11.8 Å². The van der Waals surface area contributed by atoms with Gasteiger partial charge >= 0.3 is 0 Å².